The van der Waals surface area contributed by atoms with E-state index in [1.807, 2.05) is 6.07 Å². The average Bonchev–Trinajstić information content (AvgIpc) is 2.34. The minimum Gasteiger partial charge on any atom is -0.496 e. The maximum Gasteiger partial charge on any atom is 0.133 e. The first-order chi connectivity index (χ1) is 8.86. The van der Waals surface area contributed by atoms with E-state index in [1.54, 1.807) is 7.11 Å². The molecule has 0 aromatic heterocycles. The number of halogens is 1. The van der Waals surface area contributed by atoms with Crippen LogP contribution in [0.1, 0.15) is 39.7 Å². The molecule has 0 spiro atoms. The third-order valence-electron chi connectivity index (χ3n) is 3.41. The molecule has 0 heterocycles. The summed E-state index contributed by atoms with van der Waals surface area (Å²) in [5.41, 5.74) is 1.50. The predicted molar refractivity (Wildman–Crippen MR) is 86.0 cm³/mol. The summed E-state index contributed by atoms with van der Waals surface area (Å²) in [5.74, 6) is 1.59. The van der Waals surface area contributed by atoms with Gasteiger partial charge < -0.3 is 10.1 Å². The Morgan fingerprint density at radius 2 is 2.00 bits per heavy atom. The van der Waals surface area contributed by atoms with Gasteiger partial charge in [-0.3, -0.25) is 0 Å². The van der Waals surface area contributed by atoms with Crippen molar-refractivity contribution >= 4 is 15.9 Å². The van der Waals surface area contributed by atoms with Gasteiger partial charge in [0.1, 0.15) is 5.75 Å². The molecule has 1 rings (SSSR count). The second-order valence-electron chi connectivity index (χ2n) is 6.08. The van der Waals surface area contributed by atoms with Crippen molar-refractivity contribution in [3.8, 4) is 5.75 Å². The molecule has 0 saturated carbocycles. The van der Waals surface area contributed by atoms with Gasteiger partial charge in [-0.05, 0) is 64.5 Å². The van der Waals surface area contributed by atoms with Gasteiger partial charge in [-0.1, -0.05) is 33.8 Å². The van der Waals surface area contributed by atoms with Crippen LogP contribution in [0.5, 0.6) is 5.75 Å². The molecule has 0 saturated heterocycles. The van der Waals surface area contributed by atoms with Gasteiger partial charge in [0.25, 0.3) is 0 Å². The van der Waals surface area contributed by atoms with Crippen LogP contribution in [0.15, 0.2) is 22.7 Å². The molecular formula is C16H26BrNO. The molecule has 3 heteroatoms. The Bertz CT molecular complexity index is 402. The number of benzene rings is 1. The Balaban J connectivity index is 2.63. The third-order valence-corrected chi connectivity index (χ3v) is 4.03. The monoisotopic (exact) mass is 327 g/mol. The van der Waals surface area contributed by atoms with Crippen LogP contribution in [-0.4, -0.2) is 20.2 Å². The predicted octanol–water partition coefficient (Wildman–Crippen LogP) is 4.37. The van der Waals surface area contributed by atoms with Crippen molar-refractivity contribution in [3.05, 3.63) is 28.2 Å². The van der Waals surface area contributed by atoms with Crippen molar-refractivity contribution < 1.29 is 4.74 Å². The minimum atomic E-state index is 0.165. The summed E-state index contributed by atoms with van der Waals surface area (Å²) in [5, 5.41) is 3.51. The topological polar surface area (TPSA) is 21.3 Å². The summed E-state index contributed by atoms with van der Waals surface area (Å²) in [6, 6.07) is 6.36. The maximum absolute atomic E-state index is 5.28. The second kappa shape index (κ2) is 7.30. The van der Waals surface area contributed by atoms with Gasteiger partial charge in [0.05, 0.1) is 11.6 Å². The van der Waals surface area contributed by atoms with Crippen molar-refractivity contribution in [2.45, 2.75) is 39.5 Å². The van der Waals surface area contributed by atoms with Crippen LogP contribution in [0.3, 0.4) is 0 Å². The first kappa shape index (κ1) is 16.5. The number of nitrogens with one attached hydrogen (secondary N) is 1. The van der Waals surface area contributed by atoms with E-state index in [0.29, 0.717) is 5.92 Å². The molecule has 0 aliphatic heterocycles. The van der Waals surface area contributed by atoms with Crippen molar-refractivity contribution in [2.75, 3.05) is 20.2 Å². The molecule has 2 nitrogen and oxygen atoms in total. The first-order valence-electron chi connectivity index (χ1n) is 6.91. The number of ether oxygens (including phenoxy) is 1. The van der Waals surface area contributed by atoms with E-state index in [9.17, 15) is 0 Å². The van der Waals surface area contributed by atoms with Crippen molar-refractivity contribution in [2.24, 2.45) is 5.92 Å². The largest absolute Gasteiger partial charge is 0.496 e. The lowest BCUT2D eigenvalue weighted by atomic mass is 9.81. The van der Waals surface area contributed by atoms with Crippen molar-refractivity contribution in [1.29, 1.82) is 0 Å². The lowest BCUT2D eigenvalue weighted by Gasteiger charge is -2.26. The third kappa shape index (κ3) is 5.15. The van der Waals surface area contributed by atoms with Crippen LogP contribution in [-0.2, 0) is 5.41 Å². The normalized spacial score (nSPS) is 11.9. The van der Waals surface area contributed by atoms with E-state index in [1.165, 1.54) is 5.56 Å². The fraction of sp³-hybridized carbons (Fsp3) is 0.625. The van der Waals surface area contributed by atoms with Crippen molar-refractivity contribution in [3.63, 3.8) is 0 Å². The minimum absolute atomic E-state index is 0.165. The molecule has 0 atom stereocenters. The quantitative estimate of drug-likeness (QED) is 0.751. The summed E-state index contributed by atoms with van der Waals surface area (Å²) >= 11 is 3.56. The van der Waals surface area contributed by atoms with E-state index < -0.39 is 0 Å². The second-order valence-corrected chi connectivity index (χ2v) is 6.94. The summed E-state index contributed by atoms with van der Waals surface area (Å²) in [6.07, 6.45) is 1.12. The molecule has 0 bridgehead atoms. The molecule has 0 aliphatic carbocycles. The zero-order valence-corrected chi connectivity index (χ0v) is 14.3. The molecule has 0 amide bonds. The lowest BCUT2D eigenvalue weighted by Crippen LogP contribution is -2.27. The molecule has 19 heavy (non-hydrogen) atoms. The molecule has 108 valence electrons. The Morgan fingerprint density at radius 1 is 1.32 bits per heavy atom. The smallest absolute Gasteiger partial charge is 0.133 e. The molecule has 0 radical (unpaired) electrons. The molecular weight excluding hydrogens is 302 g/mol. The van der Waals surface area contributed by atoms with Gasteiger partial charge in [-0.2, -0.15) is 0 Å². The lowest BCUT2D eigenvalue weighted by molar-refractivity contribution is 0.409. The number of rotatable bonds is 7. The molecule has 0 fully saturated rings. The van der Waals surface area contributed by atoms with E-state index >= 15 is 0 Å². The van der Waals surface area contributed by atoms with Gasteiger partial charge in [-0.15, -0.1) is 0 Å². The Morgan fingerprint density at radius 3 is 2.53 bits per heavy atom. The highest BCUT2D eigenvalue weighted by Crippen LogP contribution is 2.33. The molecule has 1 N–H and O–H groups in total. The van der Waals surface area contributed by atoms with Crippen molar-refractivity contribution in [1.82, 2.24) is 5.32 Å². The van der Waals surface area contributed by atoms with Crippen LogP contribution in [0.25, 0.3) is 0 Å². The maximum atomic E-state index is 5.28. The van der Waals surface area contributed by atoms with Gasteiger partial charge in [0.2, 0.25) is 0 Å². The summed E-state index contributed by atoms with van der Waals surface area (Å²) in [7, 11) is 1.70. The number of methoxy groups -OCH3 is 1. The van der Waals surface area contributed by atoms with Crippen LogP contribution < -0.4 is 10.1 Å². The van der Waals surface area contributed by atoms with Crippen LogP contribution in [0.4, 0.5) is 0 Å². The van der Waals surface area contributed by atoms with Gasteiger partial charge >= 0.3 is 0 Å². The molecule has 1 aromatic carbocycles. The van der Waals surface area contributed by atoms with E-state index in [-0.39, 0.29) is 5.41 Å². The highest BCUT2D eigenvalue weighted by molar-refractivity contribution is 9.10. The highest BCUT2D eigenvalue weighted by atomic mass is 79.9. The Hall–Kier alpha value is -0.540. The summed E-state index contributed by atoms with van der Waals surface area (Å²) < 4.78 is 6.30. The van der Waals surface area contributed by atoms with Gasteiger partial charge in [-0.25, -0.2) is 0 Å². The molecule has 0 aliphatic rings. The fourth-order valence-electron chi connectivity index (χ4n) is 2.02. The summed E-state index contributed by atoms with van der Waals surface area (Å²) in [6.45, 7) is 11.2. The standard InChI is InChI=1S/C16H26BrNO/c1-12(2)11-18-9-8-16(3,4)13-6-7-15(19-5)14(17)10-13/h6-7,10,12,18H,8-9,11H2,1-5H3. The fourth-order valence-corrected chi connectivity index (χ4v) is 2.56. The van der Waals surface area contributed by atoms with Gasteiger partial charge in [0.15, 0.2) is 0 Å². The van der Waals surface area contributed by atoms with Crippen LogP contribution >= 0.6 is 15.9 Å². The Kier molecular flexibility index (Phi) is 6.34. The van der Waals surface area contributed by atoms with E-state index in [4.69, 9.17) is 4.74 Å². The van der Waals surface area contributed by atoms with E-state index in [2.05, 4.69) is 61.1 Å². The van der Waals surface area contributed by atoms with E-state index in [0.717, 1.165) is 29.7 Å². The number of hydrogen-bond donors (Lipinski definition) is 1. The zero-order valence-electron chi connectivity index (χ0n) is 12.7. The summed E-state index contributed by atoms with van der Waals surface area (Å²) in [4.78, 5) is 0. The Labute approximate surface area is 126 Å². The number of hydrogen-bond acceptors (Lipinski definition) is 2. The average molecular weight is 328 g/mol. The zero-order chi connectivity index (χ0) is 14.5. The van der Waals surface area contributed by atoms with Crippen LogP contribution in [0.2, 0.25) is 0 Å². The SMILES string of the molecule is COc1ccc(C(C)(C)CCNCC(C)C)cc1Br. The highest BCUT2D eigenvalue weighted by Gasteiger charge is 2.21. The molecule has 0 unspecified atom stereocenters. The molecule has 1 aromatic rings. The van der Waals surface area contributed by atoms with Gasteiger partial charge in [0, 0.05) is 0 Å². The van der Waals surface area contributed by atoms with Crippen LogP contribution in [0, 0.1) is 5.92 Å². The first-order valence-corrected chi connectivity index (χ1v) is 7.71.